The van der Waals surface area contributed by atoms with Gasteiger partial charge in [0.1, 0.15) is 11.4 Å². The van der Waals surface area contributed by atoms with Crippen LogP contribution in [-0.4, -0.2) is 29.3 Å². The molecule has 0 aliphatic rings. The molecule has 1 aromatic heterocycles. The second-order valence-corrected chi connectivity index (χ2v) is 4.86. The molecule has 7 heteroatoms. The lowest BCUT2D eigenvalue weighted by Gasteiger charge is -2.21. The molecule has 116 valence electrons. The third kappa shape index (κ3) is 3.08. The number of hydrogen-bond acceptors (Lipinski definition) is 4. The Labute approximate surface area is 127 Å². The van der Waals surface area contributed by atoms with Crippen molar-refractivity contribution in [3.63, 3.8) is 0 Å². The van der Waals surface area contributed by atoms with Crippen LogP contribution in [0.4, 0.5) is 10.5 Å². The van der Waals surface area contributed by atoms with Gasteiger partial charge in [0.25, 0.3) is 0 Å². The molecule has 1 aromatic carbocycles. The normalized spacial score (nSPS) is 11.8. The molecular formula is C15H17N3O4. The fourth-order valence-electron chi connectivity index (χ4n) is 2.21. The monoisotopic (exact) mass is 303 g/mol. The van der Waals surface area contributed by atoms with E-state index in [1.54, 1.807) is 44.2 Å². The van der Waals surface area contributed by atoms with Crippen LogP contribution >= 0.6 is 0 Å². The van der Waals surface area contributed by atoms with Crippen LogP contribution in [0.1, 0.15) is 23.1 Å². The van der Waals surface area contributed by atoms with E-state index in [0.717, 1.165) is 0 Å². The molecule has 2 aromatic rings. The van der Waals surface area contributed by atoms with Crippen LogP contribution in [0.5, 0.6) is 0 Å². The first-order valence-corrected chi connectivity index (χ1v) is 6.66. The van der Waals surface area contributed by atoms with E-state index < -0.39 is 18.0 Å². The highest BCUT2D eigenvalue weighted by molar-refractivity contribution is 5.95. The molecule has 0 saturated carbocycles. The fourth-order valence-corrected chi connectivity index (χ4v) is 2.21. The Hall–Kier alpha value is -2.83. The molecule has 2 N–H and O–H groups in total. The van der Waals surface area contributed by atoms with Gasteiger partial charge in [0, 0.05) is 7.05 Å². The molecular weight excluding hydrogens is 286 g/mol. The van der Waals surface area contributed by atoms with E-state index in [4.69, 9.17) is 4.52 Å². The van der Waals surface area contributed by atoms with Crippen molar-refractivity contribution < 1.29 is 19.2 Å². The van der Waals surface area contributed by atoms with Crippen LogP contribution in [0.25, 0.3) is 0 Å². The zero-order valence-corrected chi connectivity index (χ0v) is 12.5. The Morgan fingerprint density at radius 1 is 1.27 bits per heavy atom. The van der Waals surface area contributed by atoms with Crippen LogP contribution in [0, 0.1) is 13.8 Å². The second-order valence-electron chi connectivity index (χ2n) is 4.86. The number of hydrogen-bond donors (Lipinski definition) is 2. The Kier molecular flexibility index (Phi) is 4.45. The predicted octanol–water partition coefficient (Wildman–Crippen LogP) is 2.26. The number of rotatable bonds is 4. The maximum Gasteiger partial charge on any atom is 0.330 e. The van der Waals surface area contributed by atoms with Gasteiger partial charge >= 0.3 is 12.0 Å². The molecule has 0 saturated heterocycles. The van der Waals surface area contributed by atoms with E-state index in [9.17, 15) is 14.7 Å². The molecule has 1 heterocycles. The number of aliphatic carboxylic acids is 1. The van der Waals surface area contributed by atoms with Gasteiger partial charge in [0.05, 0.1) is 0 Å². The van der Waals surface area contributed by atoms with Gasteiger partial charge in [-0.3, -0.25) is 4.90 Å². The topological polar surface area (TPSA) is 95.7 Å². The Bertz CT molecular complexity index is 662. The average Bonchev–Trinajstić information content (AvgIpc) is 2.83. The largest absolute Gasteiger partial charge is 0.479 e. The van der Waals surface area contributed by atoms with E-state index in [1.165, 1.54) is 11.9 Å². The highest BCUT2D eigenvalue weighted by atomic mass is 16.5. The van der Waals surface area contributed by atoms with Crippen LogP contribution in [-0.2, 0) is 4.79 Å². The molecule has 0 aliphatic carbocycles. The maximum absolute atomic E-state index is 12.3. The van der Waals surface area contributed by atoms with Crippen molar-refractivity contribution in [2.24, 2.45) is 0 Å². The van der Waals surface area contributed by atoms with Gasteiger partial charge in [-0.1, -0.05) is 35.5 Å². The second kappa shape index (κ2) is 6.30. The number of carbonyl (C=O) groups is 2. The minimum Gasteiger partial charge on any atom is -0.479 e. The standard InChI is InChI=1S/C15H17N3O4/c1-9-13(10(2)22-17-9)18(3)15(21)16-12(14(19)20)11-7-5-4-6-8-11/h4-8,12H,1-3H3,(H,16,21)(H,19,20). The first-order chi connectivity index (χ1) is 10.4. The zero-order chi connectivity index (χ0) is 16.3. The summed E-state index contributed by atoms with van der Waals surface area (Å²) >= 11 is 0. The van der Waals surface area contributed by atoms with E-state index >= 15 is 0 Å². The molecule has 7 nitrogen and oxygen atoms in total. The van der Waals surface area contributed by atoms with Crippen molar-refractivity contribution in [3.05, 3.63) is 47.3 Å². The number of aromatic nitrogens is 1. The number of amides is 2. The predicted molar refractivity (Wildman–Crippen MR) is 79.7 cm³/mol. The molecule has 0 radical (unpaired) electrons. The van der Waals surface area contributed by atoms with Gasteiger partial charge in [0.15, 0.2) is 11.8 Å². The molecule has 0 spiro atoms. The van der Waals surface area contributed by atoms with Gasteiger partial charge < -0.3 is 14.9 Å². The number of carboxylic acids is 1. The number of carbonyl (C=O) groups excluding carboxylic acids is 1. The molecule has 0 fully saturated rings. The highest BCUT2D eigenvalue weighted by Crippen LogP contribution is 2.23. The number of aryl methyl sites for hydroxylation is 2. The number of anilines is 1. The third-order valence-corrected chi connectivity index (χ3v) is 3.28. The summed E-state index contributed by atoms with van der Waals surface area (Å²) in [5, 5.41) is 15.6. The average molecular weight is 303 g/mol. The van der Waals surface area contributed by atoms with Crippen LogP contribution < -0.4 is 10.2 Å². The first-order valence-electron chi connectivity index (χ1n) is 6.66. The summed E-state index contributed by atoms with van der Waals surface area (Å²) in [7, 11) is 1.53. The molecule has 0 aliphatic heterocycles. The van der Waals surface area contributed by atoms with Crippen molar-refractivity contribution in [1.29, 1.82) is 0 Å². The third-order valence-electron chi connectivity index (χ3n) is 3.28. The summed E-state index contributed by atoms with van der Waals surface area (Å²) in [6.45, 7) is 3.40. The quantitative estimate of drug-likeness (QED) is 0.903. The first kappa shape index (κ1) is 15.6. The minimum absolute atomic E-state index is 0.488. The lowest BCUT2D eigenvalue weighted by molar-refractivity contribution is -0.139. The lowest BCUT2D eigenvalue weighted by Crippen LogP contribution is -2.42. The van der Waals surface area contributed by atoms with Crippen molar-refractivity contribution in [2.45, 2.75) is 19.9 Å². The summed E-state index contributed by atoms with van der Waals surface area (Å²) in [6, 6.07) is 6.83. The van der Waals surface area contributed by atoms with Crippen molar-refractivity contribution in [2.75, 3.05) is 11.9 Å². The van der Waals surface area contributed by atoms with Crippen molar-refractivity contribution in [3.8, 4) is 0 Å². The number of benzene rings is 1. The number of carboxylic acid groups (broad SMARTS) is 1. The number of urea groups is 1. The van der Waals surface area contributed by atoms with Crippen molar-refractivity contribution in [1.82, 2.24) is 10.5 Å². The Morgan fingerprint density at radius 2 is 1.91 bits per heavy atom. The summed E-state index contributed by atoms with van der Waals surface area (Å²) in [5.41, 5.74) is 1.58. The molecule has 1 unspecified atom stereocenters. The summed E-state index contributed by atoms with van der Waals surface area (Å²) in [4.78, 5) is 25.0. The molecule has 2 amide bonds. The highest BCUT2D eigenvalue weighted by Gasteiger charge is 2.26. The van der Waals surface area contributed by atoms with Gasteiger partial charge in [-0.15, -0.1) is 0 Å². The maximum atomic E-state index is 12.3. The zero-order valence-electron chi connectivity index (χ0n) is 12.5. The Balaban J connectivity index is 2.20. The molecule has 22 heavy (non-hydrogen) atoms. The minimum atomic E-state index is -1.13. The lowest BCUT2D eigenvalue weighted by atomic mass is 10.1. The Morgan fingerprint density at radius 3 is 2.41 bits per heavy atom. The van der Waals surface area contributed by atoms with Gasteiger partial charge in [-0.25, -0.2) is 9.59 Å². The van der Waals surface area contributed by atoms with E-state index in [0.29, 0.717) is 22.7 Å². The van der Waals surface area contributed by atoms with E-state index in [-0.39, 0.29) is 0 Å². The summed E-state index contributed by atoms with van der Waals surface area (Å²) in [6.07, 6.45) is 0. The van der Waals surface area contributed by atoms with Crippen molar-refractivity contribution >= 4 is 17.7 Å². The van der Waals surface area contributed by atoms with Gasteiger partial charge in [-0.05, 0) is 19.4 Å². The van der Waals surface area contributed by atoms with Crippen LogP contribution in [0.2, 0.25) is 0 Å². The molecule has 0 bridgehead atoms. The number of nitrogens with one attached hydrogen (secondary N) is 1. The van der Waals surface area contributed by atoms with E-state index in [1.807, 2.05) is 0 Å². The molecule has 1 atom stereocenters. The SMILES string of the molecule is Cc1noc(C)c1N(C)C(=O)NC(C(=O)O)c1ccccc1. The van der Waals surface area contributed by atoms with Crippen LogP contribution in [0.15, 0.2) is 34.9 Å². The van der Waals surface area contributed by atoms with E-state index in [2.05, 4.69) is 10.5 Å². The molecule has 2 rings (SSSR count). The smallest absolute Gasteiger partial charge is 0.330 e. The van der Waals surface area contributed by atoms with Crippen LogP contribution in [0.3, 0.4) is 0 Å². The fraction of sp³-hybridized carbons (Fsp3) is 0.267. The summed E-state index contributed by atoms with van der Waals surface area (Å²) < 4.78 is 5.02. The van der Waals surface area contributed by atoms with Gasteiger partial charge in [-0.2, -0.15) is 0 Å². The summed E-state index contributed by atoms with van der Waals surface area (Å²) in [5.74, 6) is -0.645. The van der Waals surface area contributed by atoms with Gasteiger partial charge in [0.2, 0.25) is 0 Å². The number of nitrogens with zero attached hydrogens (tertiary/aromatic N) is 2.